The lowest BCUT2D eigenvalue weighted by molar-refractivity contribution is 0.0705. The molecule has 1 aliphatic rings. The molecule has 2 aromatic heterocycles. The van der Waals surface area contributed by atoms with Gasteiger partial charge in [0.05, 0.1) is 11.2 Å². The van der Waals surface area contributed by atoms with E-state index in [9.17, 15) is 17.6 Å². The normalized spacial score (nSPS) is 17.6. The van der Waals surface area contributed by atoms with E-state index in [2.05, 4.69) is 9.97 Å². The summed E-state index contributed by atoms with van der Waals surface area (Å²) in [6.45, 7) is 5.97. The van der Waals surface area contributed by atoms with Crippen LogP contribution in [0.2, 0.25) is 0 Å². The van der Waals surface area contributed by atoms with Crippen LogP contribution in [-0.4, -0.2) is 21.1 Å². The lowest BCUT2D eigenvalue weighted by Gasteiger charge is -2.36. The minimum atomic E-state index is -2.88. The number of pyridine rings is 2. The fourth-order valence-corrected chi connectivity index (χ4v) is 3.74. The number of nitrogens with zero attached hydrogens (tertiary/aromatic N) is 2. The summed E-state index contributed by atoms with van der Waals surface area (Å²) in [4.78, 5) is 7.59. The second kappa shape index (κ2) is 7.89. The van der Waals surface area contributed by atoms with Crippen LogP contribution in [0.3, 0.4) is 0 Å². The third kappa shape index (κ3) is 4.52. The van der Waals surface area contributed by atoms with Crippen molar-refractivity contribution in [2.45, 2.75) is 64.0 Å². The Morgan fingerprint density at radius 1 is 1.14 bits per heavy atom. The zero-order chi connectivity index (χ0) is 21.4. The molecule has 1 fully saturated rings. The van der Waals surface area contributed by atoms with Crippen molar-refractivity contribution >= 4 is 0 Å². The topological polar surface area (TPSA) is 61.0 Å². The van der Waals surface area contributed by atoms with Gasteiger partial charge in [-0.05, 0) is 56.4 Å². The fourth-order valence-electron chi connectivity index (χ4n) is 3.74. The van der Waals surface area contributed by atoms with E-state index in [1.54, 1.807) is 0 Å². The summed E-state index contributed by atoms with van der Waals surface area (Å²) in [5.41, 5.74) is 4.59. The molecule has 1 saturated carbocycles. The minimum absolute atomic E-state index is 0.0233. The maximum Gasteiger partial charge on any atom is 0.284 e. The molecule has 0 amide bonds. The van der Waals surface area contributed by atoms with Crippen molar-refractivity contribution in [3.63, 3.8) is 0 Å². The number of ether oxygens (including phenoxy) is 1. The predicted molar refractivity (Wildman–Crippen MR) is 102 cm³/mol. The molecule has 3 rings (SSSR count). The van der Waals surface area contributed by atoms with E-state index >= 15 is 0 Å². The number of hydrogen-bond acceptors (Lipinski definition) is 4. The summed E-state index contributed by atoms with van der Waals surface area (Å²) in [5, 5.41) is 0. The molecule has 1 aliphatic carbocycles. The van der Waals surface area contributed by atoms with Gasteiger partial charge in [0.15, 0.2) is 0 Å². The van der Waals surface area contributed by atoms with Crippen LogP contribution in [0.1, 0.15) is 64.3 Å². The number of hydrogen-bond donors (Lipinski definition) is 1. The molecule has 0 bridgehead atoms. The van der Waals surface area contributed by atoms with E-state index in [0.29, 0.717) is 25.2 Å². The van der Waals surface area contributed by atoms with E-state index in [1.165, 1.54) is 24.4 Å². The van der Waals surface area contributed by atoms with Crippen molar-refractivity contribution in [2.24, 2.45) is 11.7 Å². The predicted octanol–water partition coefficient (Wildman–Crippen LogP) is 5.69. The molecule has 8 heteroatoms. The van der Waals surface area contributed by atoms with Gasteiger partial charge in [-0.15, -0.1) is 0 Å². The van der Waals surface area contributed by atoms with Gasteiger partial charge in [0.1, 0.15) is 22.7 Å². The highest BCUT2D eigenvalue weighted by Crippen LogP contribution is 2.50. The lowest BCUT2D eigenvalue weighted by atomic mass is 9.84. The zero-order valence-electron chi connectivity index (χ0n) is 16.6. The molecule has 1 atom stereocenters. The molecular weight excluding hydrogens is 386 g/mol. The van der Waals surface area contributed by atoms with E-state index in [1.807, 2.05) is 20.8 Å². The molecule has 2 heterocycles. The van der Waals surface area contributed by atoms with Crippen molar-refractivity contribution in [1.29, 1.82) is 0 Å². The van der Waals surface area contributed by atoms with Crippen LogP contribution in [0, 0.1) is 5.92 Å². The van der Waals surface area contributed by atoms with Gasteiger partial charge >= 0.3 is 0 Å². The Kier molecular flexibility index (Phi) is 5.85. The molecule has 4 nitrogen and oxygen atoms in total. The molecule has 0 radical (unpaired) electrons. The third-order valence-corrected chi connectivity index (χ3v) is 5.28. The van der Waals surface area contributed by atoms with Crippen LogP contribution in [-0.2, 0) is 0 Å². The Hall–Kier alpha value is -2.22. The number of nitrogens with two attached hydrogens (primary N) is 1. The highest BCUT2D eigenvalue weighted by Gasteiger charge is 2.58. The van der Waals surface area contributed by atoms with Crippen LogP contribution in [0.4, 0.5) is 17.6 Å². The van der Waals surface area contributed by atoms with Crippen molar-refractivity contribution in [2.75, 3.05) is 0 Å². The van der Waals surface area contributed by atoms with Crippen LogP contribution in [0.15, 0.2) is 30.5 Å². The standard InChI is InChI=1S/C21H25F4N3O/c1-12(2)11-20(3,26)21(7-8-21)29-16-5-4-14(28-17(16)19(24)25)13-6-9-27-15(10-13)18(22)23/h4-6,9-10,12,18-19H,7-8,11,26H2,1-3H3. The Bertz CT molecular complexity index is 867. The SMILES string of the molecule is CC(C)CC(C)(N)C1(Oc2ccc(-c3ccnc(C(F)F)c3)nc2C(F)F)CC1. The Balaban J connectivity index is 1.93. The van der Waals surface area contributed by atoms with Crippen LogP contribution >= 0.6 is 0 Å². The first kappa shape index (κ1) is 21.5. The Morgan fingerprint density at radius 3 is 2.38 bits per heavy atom. The lowest BCUT2D eigenvalue weighted by Crippen LogP contribution is -2.54. The third-order valence-electron chi connectivity index (χ3n) is 5.28. The average Bonchev–Trinajstić information content (AvgIpc) is 3.42. The van der Waals surface area contributed by atoms with E-state index in [4.69, 9.17) is 10.5 Å². The van der Waals surface area contributed by atoms with Crippen molar-refractivity contribution in [3.8, 4) is 17.0 Å². The van der Waals surface area contributed by atoms with Crippen molar-refractivity contribution in [1.82, 2.24) is 9.97 Å². The van der Waals surface area contributed by atoms with Gasteiger partial charge in [-0.2, -0.15) is 0 Å². The highest BCUT2D eigenvalue weighted by atomic mass is 19.3. The first-order chi connectivity index (χ1) is 13.5. The smallest absolute Gasteiger partial charge is 0.284 e. The van der Waals surface area contributed by atoms with E-state index in [0.717, 1.165) is 6.07 Å². The fraction of sp³-hybridized carbons (Fsp3) is 0.524. The van der Waals surface area contributed by atoms with Gasteiger partial charge in [-0.25, -0.2) is 22.5 Å². The highest BCUT2D eigenvalue weighted by molar-refractivity contribution is 5.60. The largest absolute Gasteiger partial charge is 0.483 e. The monoisotopic (exact) mass is 411 g/mol. The molecule has 0 aromatic carbocycles. The number of aromatic nitrogens is 2. The Labute approximate surface area is 167 Å². The first-order valence-corrected chi connectivity index (χ1v) is 9.56. The molecule has 0 saturated heterocycles. The van der Waals surface area contributed by atoms with Crippen LogP contribution < -0.4 is 10.5 Å². The molecule has 2 aromatic rings. The number of alkyl halides is 4. The van der Waals surface area contributed by atoms with Crippen LogP contribution in [0.25, 0.3) is 11.3 Å². The second-order valence-corrected chi connectivity index (χ2v) is 8.26. The van der Waals surface area contributed by atoms with Gasteiger partial charge in [-0.1, -0.05) is 13.8 Å². The van der Waals surface area contributed by atoms with Crippen molar-refractivity contribution < 1.29 is 22.3 Å². The number of halogens is 4. The maximum atomic E-state index is 13.7. The van der Waals surface area contributed by atoms with Gasteiger partial charge in [0.25, 0.3) is 12.9 Å². The molecular formula is C21H25F4N3O. The van der Waals surface area contributed by atoms with E-state index in [-0.39, 0.29) is 17.0 Å². The van der Waals surface area contributed by atoms with Gasteiger partial charge < -0.3 is 10.5 Å². The minimum Gasteiger partial charge on any atom is -0.483 e. The summed E-state index contributed by atoms with van der Waals surface area (Å²) in [6.07, 6.45) is -2.39. The van der Waals surface area contributed by atoms with Crippen molar-refractivity contribution in [3.05, 3.63) is 41.9 Å². The molecule has 0 aliphatic heterocycles. The van der Waals surface area contributed by atoms with Gasteiger partial charge in [0.2, 0.25) is 0 Å². The summed E-state index contributed by atoms with van der Waals surface area (Å²) in [7, 11) is 0. The van der Waals surface area contributed by atoms with E-state index < -0.39 is 35.4 Å². The zero-order valence-corrected chi connectivity index (χ0v) is 16.6. The molecule has 158 valence electrons. The molecule has 2 N–H and O–H groups in total. The summed E-state index contributed by atoms with van der Waals surface area (Å²) in [5.74, 6) is 0.307. The number of rotatable bonds is 8. The maximum absolute atomic E-state index is 13.7. The van der Waals surface area contributed by atoms with Crippen LogP contribution in [0.5, 0.6) is 5.75 Å². The Morgan fingerprint density at radius 2 is 1.83 bits per heavy atom. The summed E-state index contributed by atoms with van der Waals surface area (Å²) >= 11 is 0. The molecule has 29 heavy (non-hydrogen) atoms. The van der Waals surface area contributed by atoms with Gasteiger partial charge in [0, 0.05) is 11.8 Å². The second-order valence-electron chi connectivity index (χ2n) is 8.26. The van der Waals surface area contributed by atoms with Gasteiger partial charge in [-0.3, -0.25) is 4.98 Å². The summed E-state index contributed by atoms with van der Waals surface area (Å²) in [6, 6.07) is 5.49. The molecule has 1 unspecified atom stereocenters. The quantitative estimate of drug-likeness (QED) is 0.567. The summed E-state index contributed by atoms with van der Waals surface area (Å²) < 4.78 is 59.3. The average molecular weight is 411 g/mol. The molecule has 0 spiro atoms. The first-order valence-electron chi connectivity index (χ1n) is 9.56.